The minimum atomic E-state index is -1.06. The third kappa shape index (κ3) is 4.10. The number of rotatable bonds is 9. The predicted octanol–water partition coefficient (Wildman–Crippen LogP) is 3.70. The van der Waals surface area contributed by atoms with Gasteiger partial charge >= 0.3 is 5.97 Å². The van der Waals surface area contributed by atoms with Crippen molar-refractivity contribution in [1.29, 1.82) is 0 Å². The number of nitrogens with two attached hydrogens (primary N) is 1. The standard InChI is InChI=1S/C22H23N5O4S/c1-30-18-9-16-17(10-19(18)31-2)27(12-24-16)20-4-3-14(22(28)29)21(26-20)25-15(5-7-23)13-6-8-32-11-13/h3-4,6,8-12,15H,5,7,23H2,1-2H3,(H,25,26)(H,28,29). The highest BCUT2D eigenvalue weighted by molar-refractivity contribution is 7.08. The van der Waals surface area contributed by atoms with Gasteiger partial charge in [-0.2, -0.15) is 11.3 Å². The molecule has 9 nitrogen and oxygen atoms in total. The highest BCUT2D eigenvalue weighted by Crippen LogP contribution is 2.33. The molecule has 4 N–H and O–H groups in total. The largest absolute Gasteiger partial charge is 0.493 e. The first kappa shape index (κ1) is 21.6. The van der Waals surface area contributed by atoms with Crippen molar-refractivity contribution in [2.75, 3.05) is 26.1 Å². The Hall–Kier alpha value is -3.63. The van der Waals surface area contributed by atoms with Crippen LogP contribution in [-0.4, -0.2) is 46.4 Å². The lowest BCUT2D eigenvalue weighted by atomic mass is 10.1. The second kappa shape index (κ2) is 9.25. The number of nitrogens with zero attached hydrogens (tertiary/aromatic N) is 3. The van der Waals surface area contributed by atoms with E-state index in [9.17, 15) is 9.90 Å². The molecule has 0 aliphatic carbocycles. The number of anilines is 1. The van der Waals surface area contributed by atoms with Crippen LogP contribution in [0.25, 0.3) is 16.9 Å². The van der Waals surface area contributed by atoms with Crippen molar-refractivity contribution >= 4 is 34.2 Å². The first-order valence-electron chi connectivity index (χ1n) is 9.88. The average Bonchev–Trinajstić information content (AvgIpc) is 3.47. The summed E-state index contributed by atoms with van der Waals surface area (Å²) in [6, 6.07) is 8.61. The van der Waals surface area contributed by atoms with E-state index in [1.165, 1.54) is 6.07 Å². The van der Waals surface area contributed by atoms with E-state index in [1.54, 1.807) is 48.6 Å². The van der Waals surface area contributed by atoms with Crippen LogP contribution in [-0.2, 0) is 0 Å². The van der Waals surface area contributed by atoms with Crippen molar-refractivity contribution in [2.24, 2.45) is 5.73 Å². The maximum absolute atomic E-state index is 11.9. The number of benzene rings is 1. The molecule has 0 aliphatic rings. The van der Waals surface area contributed by atoms with Gasteiger partial charge in [0.25, 0.3) is 0 Å². The van der Waals surface area contributed by atoms with Crippen LogP contribution in [0.5, 0.6) is 11.5 Å². The fourth-order valence-corrected chi connectivity index (χ4v) is 4.23. The Kier molecular flexibility index (Phi) is 6.24. The van der Waals surface area contributed by atoms with Gasteiger partial charge in [0, 0.05) is 12.1 Å². The van der Waals surface area contributed by atoms with E-state index >= 15 is 0 Å². The lowest BCUT2D eigenvalue weighted by molar-refractivity contribution is 0.0697. The summed E-state index contributed by atoms with van der Waals surface area (Å²) in [7, 11) is 3.13. The van der Waals surface area contributed by atoms with Gasteiger partial charge in [0.15, 0.2) is 11.5 Å². The van der Waals surface area contributed by atoms with E-state index in [1.807, 2.05) is 22.9 Å². The topological polar surface area (TPSA) is 125 Å². The molecule has 1 atom stereocenters. The van der Waals surface area contributed by atoms with E-state index in [0.717, 1.165) is 11.1 Å². The lowest BCUT2D eigenvalue weighted by Crippen LogP contribution is -2.18. The summed E-state index contributed by atoms with van der Waals surface area (Å²) in [4.78, 5) is 20.9. The van der Waals surface area contributed by atoms with Gasteiger partial charge < -0.3 is 25.6 Å². The molecule has 3 aromatic heterocycles. The second-order valence-electron chi connectivity index (χ2n) is 7.01. The number of carboxylic acids is 1. The van der Waals surface area contributed by atoms with E-state index in [0.29, 0.717) is 35.8 Å². The molecular weight excluding hydrogens is 430 g/mol. The normalized spacial score (nSPS) is 12.0. The fraction of sp³-hybridized carbons (Fsp3) is 0.227. The van der Waals surface area contributed by atoms with E-state index in [4.69, 9.17) is 15.2 Å². The number of hydrogen-bond donors (Lipinski definition) is 3. The summed E-state index contributed by atoms with van der Waals surface area (Å²) in [5.74, 6) is 0.848. The molecule has 0 aliphatic heterocycles. The molecule has 0 spiro atoms. The van der Waals surface area contributed by atoms with Crippen LogP contribution >= 0.6 is 11.3 Å². The van der Waals surface area contributed by atoms with Crippen molar-refractivity contribution in [3.8, 4) is 17.3 Å². The molecule has 0 radical (unpaired) electrons. The van der Waals surface area contributed by atoms with Crippen molar-refractivity contribution in [2.45, 2.75) is 12.5 Å². The molecule has 32 heavy (non-hydrogen) atoms. The first-order chi connectivity index (χ1) is 15.5. The van der Waals surface area contributed by atoms with Crippen LogP contribution in [0.4, 0.5) is 5.82 Å². The minimum absolute atomic E-state index is 0.0784. The summed E-state index contributed by atoms with van der Waals surface area (Å²) in [5, 5.41) is 17.0. The maximum Gasteiger partial charge on any atom is 0.339 e. The SMILES string of the molecule is COc1cc2ncn(-c3ccc(C(=O)O)c(NC(CCN)c4ccsc4)n3)c2cc1OC. The van der Waals surface area contributed by atoms with Gasteiger partial charge in [-0.1, -0.05) is 0 Å². The smallest absolute Gasteiger partial charge is 0.339 e. The number of thiophene rings is 1. The van der Waals surface area contributed by atoms with Gasteiger partial charge in [-0.25, -0.2) is 14.8 Å². The van der Waals surface area contributed by atoms with E-state index in [-0.39, 0.29) is 17.4 Å². The number of carboxylic acid groups (broad SMARTS) is 1. The quantitative estimate of drug-likeness (QED) is 0.350. The minimum Gasteiger partial charge on any atom is -0.493 e. The average molecular weight is 454 g/mol. The third-order valence-corrected chi connectivity index (χ3v) is 5.82. The molecular formula is C22H23N5O4S. The Morgan fingerprint density at radius 2 is 2.03 bits per heavy atom. The van der Waals surface area contributed by atoms with Crippen molar-refractivity contribution in [3.05, 3.63) is 58.5 Å². The van der Waals surface area contributed by atoms with Gasteiger partial charge in [0.05, 0.1) is 31.3 Å². The molecule has 10 heteroatoms. The summed E-state index contributed by atoms with van der Waals surface area (Å²) >= 11 is 1.57. The Bertz CT molecular complexity index is 1240. The van der Waals surface area contributed by atoms with Gasteiger partial charge in [0.2, 0.25) is 0 Å². The summed E-state index contributed by atoms with van der Waals surface area (Å²) in [5.41, 5.74) is 8.36. The van der Waals surface area contributed by atoms with Crippen LogP contribution in [0.2, 0.25) is 0 Å². The Balaban J connectivity index is 1.79. The second-order valence-corrected chi connectivity index (χ2v) is 7.79. The summed E-state index contributed by atoms with van der Waals surface area (Å²) in [6.45, 7) is 0.448. The highest BCUT2D eigenvalue weighted by atomic mass is 32.1. The highest BCUT2D eigenvalue weighted by Gasteiger charge is 2.19. The summed E-state index contributed by atoms with van der Waals surface area (Å²) in [6.07, 6.45) is 2.26. The molecule has 3 heterocycles. The monoisotopic (exact) mass is 453 g/mol. The number of hydrogen-bond acceptors (Lipinski definition) is 8. The van der Waals surface area contributed by atoms with Gasteiger partial charge in [-0.15, -0.1) is 0 Å². The zero-order chi connectivity index (χ0) is 22.7. The lowest BCUT2D eigenvalue weighted by Gasteiger charge is -2.20. The third-order valence-electron chi connectivity index (χ3n) is 5.12. The predicted molar refractivity (Wildman–Crippen MR) is 123 cm³/mol. The Morgan fingerprint density at radius 1 is 1.25 bits per heavy atom. The molecule has 166 valence electrons. The van der Waals surface area contributed by atoms with Crippen LogP contribution in [0.15, 0.2) is 47.4 Å². The molecule has 0 bridgehead atoms. The van der Waals surface area contributed by atoms with Crippen LogP contribution < -0.4 is 20.5 Å². The van der Waals surface area contributed by atoms with E-state index < -0.39 is 5.97 Å². The summed E-state index contributed by atoms with van der Waals surface area (Å²) < 4.78 is 12.5. The number of aromatic carboxylic acids is 1. The number of fused-ring (bicyclic) bond motifs is 1. The van der Waals surface area contributed by atoms with Gasteiger partial charge in [-0.3, -0.25) is 4.57 Å². The number of aromatic nitrogens is 3. The van der Waals surface area contributed by atoms with Gasteiger partial charge in [0.1, 0.15) is 23.5 Å². The van der Waals surface area contributed by atoms with Crippen molar-refractivity contribution in [1.82, 2.24) is 14.5 Å². The number of nitrogens with one attached hydrogen (secondary N) is 1. The number of pyridine rings is 1. The molecule has 0 saturated heterocycles. The zero-order valence-electron chi connectivity index (χ0n) is 17.6. The van der Waals surface area contributed by atoms with E-state index in [2.05, 4.69) is 15.3 Å². The first-order valence-corrected chi connectivity index (χ1v) is 10.8. The molecule has 0 fully saturated rings. The molecule has 4 aromatic rings. The fourth-order valence-electron chi connectivity index (χ4n) is 3.51. The van der Waals surface area contributed by atoms with Crippen LogP contribution in [0.1, 0.15) is 28.4 Å². The number of ether oxygens (including phenoxy) is 2. The molecule has 1 aromatic carbocycles. The number of methoxy groups -OCH3 is 2. The van der Waals surface area contributed by atoms with Crippen molar-refractivity contribution in [3.63, 3.8) is 0 Å². The molecule has 1 unspecified atom stereocenters. The van der Waals surface area contributed by atoms with Crippen LogP contribution in [0.3, 0.4) is 0 Å². The Labute approximate surface area is 188 Å². The molecule has 0 saturated carbocycles. The van der Waals surface area contributed by atoms with Crippen molar-refractivity contribution < 1.29 is 19.4 Å². The molecule has 0 amide bonds. The maximum atomic E-state index is 11.9. The van der Waals surface area contributed by atoms with Gasteiger partial charge in [-0.05, 0) is 47.5 Å². The Morgan fingerprint density at radius 3 is 2.69 bits per heavy atom. The number of imidazole rings is 1. The number of carbonyl (C=O) groups is 1. The van der Waals surface area contributed by atoms with Crippen LogP contribution in [0, 0.1) is 0 Å². The molecule has 4 rings (SSSR count). The zero-order valence-corrected chi connectivity index (χ0v) is 18.4.